The molecule has 176 valence electrons. The predicted molar refractivity (Wildman–Crippen MR) is 130 cm³/mol. The molecule has 34 heavy (non-hydrogen) atoms. The number of rotatable bonds is 8. The Labute approximate surface area is 198 Å². The van der Waals surface area contributed by atoms with E-state index in [1.165, 1.54) is 0 Å². The first-order valence-electron chi connectivity index (χ1n) is 11.2. The number of hydrogen-bond acceptors (Lipinski definition) is 7. The number of hydrogen-bond donors (Lipinski definition) is 2. The molecule has 4 rings (SSSR count). The number of para-hydroxylation sites is 2. The van der Waals surface area contributed by atoms with Gasteiger partial charge in [-0.25, -0.2) is 0 Å². The third-order valence-corrected chi connectivity index (χ3v) is 5.92. The van der Waals surface area contributed by atoms with Crippen LogP contribution in [-0.2, 0) is 0 Å². The summed E-state index contributed by atoms with van der Waals surface area (Å²) in [4.78, 5) is 18.7. The molecule has 1 fully saturated rings. The monoisotopic (exact) mass is 460 g/mol. The first kappa shape index (κ1) is 23.4. The van der Waals surface area contributed by atoms with E-state index in [4.69, 9.17) is 14.7 Å². The second kappa shape index (κ2) is 10.9. The number of aliphatic hydroxyl groups excluding tert-OH is 1. The van der Waals surface area contributed by atoms with Crippen LogP contribution in [-0.4, -0.2) is 67.5 Å². The van der Waals surface area contributed by atoms with E-state index >= 15 is 0 Å². The number of nitriles is 1. The number of nitrogens with zero attached hydrogens (tertiary/aromatic N) is 3. The first-order chi connectivity index (χ1) is 16.6. The second-order valence-electron chi connectivity index (χ2n) is 8.19. The maximum atomic E-state index is 11.6. The number of aliphatic hydroxyl groups is 1. The van der Waals surface area contributed by atoms with Crippen LogP contribution in [0.15, 0.2) is 65.6 Å². The van der Waals surface area contributed by atoms with Gasteiger partial charge in [-0.2, -0.15) is 5.26 Å². The average Bonchev–Trinajstić information content (AvgIpc) is 2.88. The van der Waals surface area contributed by atoms with Gasteiger partial charge in [0, 0.05) is 38.9 Å². The van der Waals surface area contributed by atoms with Crippen LogP contribution >= 0.6 is 0 Å². The number of aromatic amines is 1. The molecule has 0 saturated carbocycles. The fraction of sp³-hybridized carbons (Fsp3) is 0.308. The van der Waals surface area contributed by atoms with E-state index < -0.39 is 11.7 Å². The lowest BCUT2D eigenvalue weighted by Crippen LogP contribution is -2.49. The Kier molecular flexibility index (Phi) is 7.48. The van der Waals surface area contributed by atoms with E-state index in [2.05, 4.69) is 20.9 Å². The maximum Gasteiger partial charge on any atom is 0.265 e. The summed E-state index contributed by atoms with van der Waals surface area (Å²) in [6, 6.07) is 18.8. The standard InChI is InChI=1S/C26H28N4O4/c1-33-25-5-3-2-4-24(25)30-12-10-29(11-13-30)17-22(31)18-34-23-8-6-19(7-9-23)21-14-20(15-27)26(32)28-16-21/h2-9,14,16,22,31H,10-13,17-18H2,1H3,(H,28,32). The number of H-pyrrole nitrogens is 1. The third-order valence-electron chi connectivity index (χ3n) is 5.92. The van der Waals surface area contributed by atoms with Crippen molar-refractivity contribution >= 4 is 5.69 Å². The molecule has 0 radical (unpaired) electrons. The number of aromatic nitrogens is 1. The average molecular weight is 461 g/mol. The Morgan fingerprint density at radius 1 is 1.09 bits per heavy atom. The molecule has 8 heteroatoms. The zero-order valence-corrected chi connectivity index (χ0v) is 19.1. The molecule has 1 aliphatic rings. The van der Waals surface area contributed by atoms with Crippen molar-refractivity contribution in [2.24, 2.45) is 0 Å². The molecule has 2 heterocycles. The normalized spacial score (nSPS) is 14.9. The summed E-state index contributed by atoms with van der Waals surface area (Å²) in [7, 11) is 1.69. The van der Waals surface area contributed by atoms with Gasteiger partial charge >= 0.3 is 0 Å². The lowest BCUT2D eigenvalue weighted by Gasteiger charge is -2.37. The van der Waals surface area contributed by atoms with Crippen molar-refractivity contribution in [1.82, 2.24) is 9.88 Å². The number of pyridine rings is 1. The van der Waals surface area contributed by atoms with Crippen molar-refractivity contribution in [3.05, 3.63) is 76.7 Å². The molecule has 1 aliphatic heterocycles. The summed E-state index contributed by atoms with van der Waals surface area (Å²) in [5.41, 5.74) is 2.37. The molecule has 2 aromatic carbocycles. The van der Waals surface area contributed by atoms with Crippen LogP contribution in [0.2, 0.25) is 0 Å². The van der Waals surface area contributed by atoms with E-state index in [0.717, 1.165) is 48.7 Å². The molecular formula is C26H28N4O4. The molecule has 0 aliphatic carbocycles. The van der Waals surface area contributed by atoms with Crippen molar-refractivity contribution in [1.29, 1.82) is 5.26 Å². The first-order valence-corrected chi connectivity index (χ1v) is 11.2. The topological polar surface area (TPSA) is 102 Å². The van der Waals surface area contributed by atoms with Gasteiger partial charge in [-0.1, -0.05) is 24.3 Å². The van der Waals surface area contributed by atoms with Gasteiger partial charge in [-0.15, -0.1) is 0 Å². The lowest BCUT2D eigenvalue weighted by molar-refractivity contribution is 0.0663. The molecule has 3 aromatic rings. The Bertz CT molecular complexity index is 1190. The number of nitrogens with one attached hydrogen (secondary N) is 1. The molecule has 2 N–H and O–H groups in total. The SMILES string of the molecule is COc1ccccc1N1CCN(CC(O)COc2ccc(-c3c[nH]c(=O)c(C#N)c3)cc2)CC1. The summed E-state index contributed by atoms with van der Waals surface area (Å²) in [6.07, 6.45) is 0.978. The van der Waals surface area contributed by atoms with Crippen molar-refractivity contribution < 1.29 is 14.6 Å². The van der Waals surface area contributed by atoms with Crippen LogP contribution < -0.4 is 19.9 Å². The Balaban J connectivity index is 1.25. The molecule has 0 amide bonds. The Hall–Kier alpha value is -3.80. The summed E-state index contributed by atoms with van der Waals surface area (Å²) < 4.78 is 11.2. The van der Waals surface area contributed by atoms with Crippen LogP contribution in [0.3, 0.4) is 0 Å². The molecule has 1 unspecified atom stereocenters. The van der Waals surface area contributed by atoms with Gasteiger partial charge in [0.05, 0.1) is 12.8 Å². The lowest BCUT2D eigenvalue weighted by atomic mass is 10.1. The predicted octanol–water partition coefficient (Wildman–Crippen LogP) is 2.48. The largest absolute Gasteiger partial charge is 0.495 e. The number of piperazine rings is 1. The van der Waals surface area contributed by atoms with Crippen molar-refractivity contribution in [3.63, 3.8) is 0 Å². The minimum Gasteiger partial charge on any atom is -0.495 e. The summed E-state index contributed by atoms with van der Waals surface area (Å²) in [5.74, 6) is 1.52. The summed E-state index contributed by atoms with van der Waals surface area (Å²) in [6.45, 7) is 4.19. The van der Waals surface area contributed by atoms with Gasteiger partial charge in [-0.3, -0.25) is 9.69 Å². The number of benzene rings is 2. The van der Waals surface area contributed by atoms with E-state index in [9.17, 15) is 9.90 Å². The molecule has 1 aromatic heterocycles. The molecule has 8 nitrogen and oxygen atoms in total. The van der Waals surface area contributed by atoms with Crippen LogP contribution in [0, 0.1) is 11.3 Å². The fourth-order valence-electron chi connectivity index (χ4n) is 4.08. The van der Waals surface area contributed by atoms with E-state index in [1.54, 1.807) is 19.4 Å². The molecule has 0 spiro atoms. The third kappa shape index (κ3) is 5.57. The molecular weight excluding hydrogens is 432 g/mol. The van der Waals surface area contributed by atoms with Gasteiger partial charge in [0.25, 0.3) is 5.56 Å². The smallest absolute Gasteiger partial charge is 0.265 e. The van der Waals surface area contributed by atoms with Crippen molar-refractivity contribution in [2.45, 2.75) is 6.10 Å². The van der Waals surface area contributed by atoms with Crippen LogP contribution in [0.25, 0.3) is 11.1 Å². The van der Waals surface area contributed by atoms with Gasteiger partial charge in [0.1, 0.15) is 35.8 Å². The van der Waals surface area contributed by atoms with Crippen molar-refractivity contribution in [3.8, 4) is 28.7 Å². The van der Waals surface area contributed by atoms with E-state index in [-0.39, 0.29) is 12.2 Å². The second-order valence-corrected chi connectivity index (χ2v) is 8.19. The minimum absolute atomic E-state index is 0.0738. The maximum absolute atomic E-state index is 11.6. The quantitative estimate of drug-likeness (QED) is 0.533. The minimum atomic E-state index is -0.602. The summed E-state index contributed by atoms with van der Waals surface area (Å²) in [5, 5.41) is 19.5. The number of methoxy groups -OCH3 is 1. The highest BCUT2D eigenvalue weighted by molar-refractivity contribution is 5.64. The van der Waals surface area contributed by atoms with Gasteiger partial charge in [0.2, 0.25) is 0 Å². The van der Waals surface area contributed by atoms with E-state index in [1.807, 2.05) is 48.5 Å². The van der Waals surface area contributed by atoms with Gasteiger partial charge in [-0.05, 0) is 41.5 Å². The summed E-state index contributed by atoms with van der Waals surface area (Å²) >= 11 is 0. The molecule has 1 atom stereocenters. The zero-order valence-electron chi connectivity index (χ0n) is 19.1. The molecule has 1 saturated heterocycles. The van der Waals surface area contributed by atoms with Gasteiger partial charge < -0.3 is 24.5 Å². The fourth-order valence-corrected chi connectivity index (χ4v) is 4.08. The van der Waals surface area contributed by atoms with Crippen LogP contribution in [0.5, 0.6) is 11.5 Å². The highest BCUT2D eigenvalue weighted by Gasteiger charge is 2.21. The highest BCUT2D eigenvalue weighted by Crippen LogP contribution is 2.28. The zero-order chi connectivity index (χ0) is 23.9. The van der Waals surface area contributed by atoms with E-state index in [0.29, 0.717) is 12.3 Å². The Morgan fingerprint density at radius 3 is 2.53 bits per heavy atom. The van der Waals surface area contributed by atoms with Crippen molar-refractivity contribution in [2.75, 3.05) is 51.3 Å². The number of anilines is 1. The number of β-amino-alcohol motifs (C(OH)–C–C–N with tert-alkyl or cyclic N) is 1. The number of ether oxygens (including phenoxy) is 2. The van der Waals surface area contributed by atoms with Gasteiger partial charge in [0.15, 0.2) is 0 Å². The van der Waals surface area contributed by atoms with Crippen LogP contribution in [0.1, 0.15) is 5.56 Å². The highest BCUT2D eigenvalue weighted by atomic mass is 16.5. The Morgan fingerprint density at radius 2 is 1.82 bits per heavy atom. The molecule has 0 bridgehead atoms. The van der Waals surface area contributed by atoms with Crippen LogP contribution in [0.4, 0.5) is 5.69 Å².